The van der Waals surface area contributed by atoms with Crippen molar-refractivity contribution in [2.24, 2.45) is 0 Å². The topological polar surface area (TPSA) is 104 Å². The fourth-order valence-corrected chi connectivity index (χ4v) is 2.94. The highest BCUT2D eigenvalue weighted by molar-refractivity contribution is 6.09. The minimum Gasteiger partial charge on any atom is -0.462 e. The Morgan fingerprint density at radius 1 is 1.07 bits per heavy atom. The molecule has 0 spiro atoms. The number of benzene rings is 2. The van der Waals surface area contributed by atoms with Gasteiger partial charge in [-0.2, -0.15) is 0 Å². The first-order valence-electron chi connectivity index (χ1n) is 9.53. The van der Waals surface area contributed by atoms with Crippen LogP contribution in [0.4, 0.5) is 5.82 Å². The summed E-state index contributed by atoms with van der Waals surface area (Å²) in [5, 5.41) is 11.2. The first-order chi connectivity index (χ1) is 14.5. The molecule has 0 fully saturated rings. The van der Waals surface area contributed by atoms with Crippen molar-refractivity contribution in [2.45, 2.75) is 20.4 Å². The smallest absolute Gasteiger partial charge is 0.339 e. The van der Waals surface area contributed by atoms with Gasteiger partial charge in [0.2, 0.25) is 5.56 Å². The van der Waals surface area contributed by atoms with Gasteiger partial charge in [0.25, 0.3) is 0 Å². The second kappa shape index (κ2) is 9.56. The molecule has 3 rings (SSSR count). The fourth-order valence-electron chi connectivity index (χ4n) is 2.94. The molecule has 0 atom stereocenters. The van der Waals surface area contributed by atoms with Crippen molar-refractivity contribution in [2.75, 3.05) is 11.9 Å². The van der Waals surface area contributed by atoms with Crippen LogP contribution in [0, 0.1) is 5.41 Å². The standard InChI is InChI=1S/C23H23N3O4/c1-3-29-23(28)19-13-20(27)26-22(21(19)15(2)24)25-14-16-9-11-18(12-10-16)30-17-7-5-4-6-8-17/h4-13,24H,3,14H2,1-2H3,(H2,25,26,27). The van der Waals surface area contributed by atoms with E-state index in [9.17, 15) is 9.59 Å². The molecule has 30 heavy (non-hydrogen) atoms. The number of pyridine rings is 1. The van der Waals surface area contributed by atoms with Crippen LogP contribution in [-0.4, -0.2) is 23.3 Å². The quantitative estimate of drug-likeness (QED) is 0.382. The first kappa shape index (κ1) is 20.9. The molecule has 0 amide bonds. The van der Waals surface area contributed by atoms with E-state index in [0.29, 0.717) is 23.7 Å². The summed E-state index contributed by atoms with van der Waals surface area (Å²) in [4.78, 5) is 26.9. The van der Waals surface area contributed by atoms with Gasteiger partial charge in [-0.15, -0.1) is 0 Å². The molecule has 154 valence electrons. The SMILES string of the molecule is CCOC(=O)c1cc(=O)[nH]c(NCc2ccc(Oc3ccccc3)cc2)c1C(C)=N. The maximum atomic E-state index is 12.2. The van der Waals surface area contributed by atoms with Crippen LogP contribution < -0.4 is 15.6 Å². The highest BCUT2D eigenvalue weighted by Gasteiger charge is 2.19. The summed E-state index contributed by atoms with van der Waals surface area (Å²) in [5.74, 6) is 1.14. The van der Waals surface area contributed by atoms with Crippen LogP contribution in [0.2, 0.25) is 0 Å². The number of esters is 1. The van der Waals surface area contributed by atoms with Crippen molar-refractivity contribution in [1.29, 1.82) is 5.41 Å². The van der Waals surface area contributed by atoms with Gasteiger partial charge in [-0.25, -0.2) is 4.79 Å². The number of anilines is 1. The Balaban J connectivity index is 1.77. The summed E-state index contributed by atoms with van der Waals surface area (Å²) >= 11 is 0. The van der Waals surface area contributed by atoms with Gasteiger partial charge in [0, 0.05) is 18.3 Å². The number of ether oxygens (including phenoxy) is 2. The van der Waals surface area contributed by atoms with Gasteiger partial charge in [-0.1, -0.05) is 30.3 Å². The molecule has 0 unspecified atom stereocenters. The first-order valence-corrected chi connectivity index (χ1v) is 9.53. The van der Waals surface area contributed by atoms with E-state index >= 15 is 0 Å². The summed E-state index contributed by atoms with van der Waals surface area (Å²) in [6, 6.07) is 18.1. The number of carbonyl (C=O) groups excluding carboxylic acids is 1. The second-order valence-corrected chi connectivity index (χ2v) is 6.56. The number of H-pyrrole nitrogens is 1. The number of para-hydroxylation sites is 1. The highest BCUT2D eigenvalue weighted by Crippen LogP contribution is 2.22. The number of carbonyl (C=O) groups is 1. The molecule has 0 aliphatic carbocycles. The van der Waals surface area contributed by atoms with Gasteiger partial charge >= 0.3 is 5.97 Å². The average Bonchev–Trinajstić information content (AvgIpc) is 2.73. The maximum absolute atomic E-state index is 12.2. The van der Waals surface area contributed by atoms with Crippen molar-refractivity contribution >= 4 is 17.5 Å². The third-order valence-electron chi connectivity index (χ3n) is 4.28. The molecule has 0 saturated carbocycles. The molecule has 0 aliphatic heterocycles. The Morgan fingerprint density at radius 3 is 2.37 bits per heavy atom. The van der Waals surface area contributed by atoms with E-state index in [1.807, 2.05) is 54.6 Å². The number of aromatic amines is 1. The van der Waals surface area contributed by atoms with Crippen LogP contribution in [0.15, 0.2) is 65.5 Å². The van der Waals surface area contributed by atoms with E-state index in [1.165, 1.54) is 0 Å². The summed E-state index contributed by atoms with van der Waals surface area (Å²) < 4.78 is 10.8. The molecule has 7 heteroatoms. The van der Waals surface area contributed by atoms with Gasteiger partial charge in [0.05, 0.1) is 17.7 Å². The predicted molar refractivity (Wildman–Crippen MR) is 116 cm³/mol. The molecule has 0 radical (unpaired) electrons. The normalized spacial score (nSPS) is 10.3. The van der Waals surface area contributed by atoms with E-state index < -0.39 is 11.5 Å². The number of aromatic nitrogens is 1. The van der Waals surface area contributed by atoms with Gasteiger partial charge in [0.1, 0.15) is 17.3 Å². The highest BCUT2D eigenvalue weighted by atomic mass is 16.5. The van der Waals surface area contributed by atoms with E-state index in [0.717, 1.165) is 17.4 Å². The minimum atomic E-state index is -0.629. The van der Waals surface area contributed by atoms with Gasteiger partial charge < -0.3 is 25.2 Å². The molecular formula is C23H23N3O4. The minimum absolute atomic E-state index is 0.0715. The lowest BCUT2D eigenvalue weighted by Crippen LogP contribution is -2.21. The molecule has 1 aromatic heterocycles. The third-order valence-corrected chi connectivity index (χ3v) is 4.28. The van der Waals surface area contributed by atoms with Crippen LogP contribution in [0.25, 0.3) is 0 Å². The zero-order valence-corrected chi connectivity index (χ0v) is 16.8. The predicted octanol–water partition coefficient (Wildman–Crippen LogP) is 4.34. The van der Waals surface area contributed by atoms with Gasteiger partial charge in [-0.3, -0.25) is 4.79 Å². The number of hydrogen-bond acceptors (Lipinski definition) is 6. The lowest BCUT2D eigenvalue weighted by atomic mass is 10.0. The fraction of sp³-hybridized carbons (Fsp3) is 0.174. The van der Waals surface area contributed by atoms with Crippen LogP contribution >= 0.6 is 0 Å². The molecular weight excluding hydrogens is 382 g/mol. The van der Waals surface area contributed by atoms with Crippen LogP contribution in [0.1, 0.15) is 35.3 Å². The molecule has 0 aliphatic rings. The Hall–Kier alpha value is -3.87. The Bertz CT molecular complexity index is 1090. The summed E-state index contributed by atoms with van der Waals surface area (Å²) in [6.45, 7) is 3.81. The Kier molecular flexibility index (Phi) is 6.64. The van der Waals surface area contributed by atoms with E-state index in [-0.39, 0.29) is 17.9 Å². The molecule has 0 bridgehead atoms. The number of nitrogens with one attached hydrogen (secondary N) is 3. The van der Waals surface area contributed by atoms with E-state index in [1.54, 1.807) is 13.8 Å². The zero-order chi connectivity index (χ0) is 21.5. The van der Waals surface area contributed by atoms with Crippen LogP contribution in [0.3, 0.4) is 0 Å². The van der Waals surface area contributed by atoms with Gasteiger partial charge in [-0.05, 0) is 43.7 Å². The van der Waals surface area contributed by atoms with Crippen LogP contribution in [-0.2, 0) is 11.3 Å². The van der Waals surface area contributed by atoms with Crippen molar-refractivity contribution in [3.8, 4) is 11.5 Å². The molecule has 7 nitrogen and oxygen atoms in total. The Labute approximate surface area is 174 Å². The summed E-state index contributed by atoms with van der Waals surface area (Å²) in [6.07, 6.45) is 0. The largest absolute Gasteiger partial charge is 0.462 e. The second-order valence-electron chi connectivity index (χ2n) is 6.56. The zero-order valence-electron chi connectivity index (χ0n) is 16.8. The van der Waals surface area contributed by atoms with E-state index in [2.05, 4.69) is 10.3 Å². The number of hydrogen-bond donors (Lipinski definition) is 3. The third kappa shape index (κ3) is 5.14. The van der Waals surface area contributed by atoms with E-state index in [4.69, 9.17) is 14.9 Å². The molecule has 2 aromatic carbocycles. The lowest BCUT2D eigenvalue weighted by Gasteiger charge is -2.15. The monoisotopic (exact) mass is 405 g/mol. The maximum Gasteiger partial charge on any atom is 0.339 e. The van der Waals surface area contributed by atoms with Crippen molar-refractivity contribution in [3.05, 3.63) is 87.7 Å². The van der Waals surface area contributed by atoms with Crippen LogP contribution in [0.5, 0.6) is 11.5 Å². The van der Waals surface area contributed by atoms with Crippen molar-refractivity contribution < 1.29 is 14.3 Å². The summed E-state index contributed by atoms with van der Waals surface area (Å²) in [7, 11) is 0. The Morgan fingerprint density at radius 2 is 1.73 bits per heavy atom. The van der Waals surface area contributed by atoms with Gasteiger partial charge in [0.15, 0.2) is 0 Å². The number of rotatable bonds is 8. The molecule has 0 saturated heterocycles. The average molecular weight is 405 g/mol. The summed E-state index contributed by atoms with van der Waals surface area (Å²) in [5.41, 5.74) is 1.02. The van der Waals surface area contributed by atoms with Crippen molar-refractivity contribution in [3.63, 3.8) is 0 Å². The molecule has 1 heterocycles. The molecule has 3 aromatic rings. The van der Waals surface area contributed by atoms with Crippen molar-refractivity contribution in [1.82, 2.24) is 4.98 Å². The lowest BCUT2D eigenvalue weighted by molar-refractivity contribution is 0.0526. The molecule has 3 N–H and O–H groups in total.